The van der Waals surface area contributed by atoms with Gasteiger partial charge in [0, 0.05) is 6.42 Å². The first-order valence-electron chi connectivity index (χ1n) is 6.30. The Labute approximate surface area is 96.6 Å². The molecule has 0 saturated carbocycles. The fourth-order valence-electron chi connectivity index (χ4n) is 2.26. The molecule has 2 heteroatoms. The van der Waals surface area contributed by atoms with Crippen LogP contribution in [0.15, 0.2) is 11.3 Å². The molecular weight excluding hydrogens is 200 g/mol. The van der Waals surface area contributed by atoms with Crippen LogP contribution in [-0.2, 0) is 4.43 Å². The van der Waals surface area contributed by atoms with Crippen LogP contribution < -0.4 is 0 Å². The minimum atomic E-state index is -0.932. The zero-order valence-corrected chi connectivity index (χ0v) is 12.2. The van der Waals surface area contributed by atoms with E-state index >= 15 is 0 Å². The lowest BCUT2D eigenvalue weighted by molar-refractivity contribution is 0.373. The Bertz CT molecular complexity index is 235. The molecule has 0 amide bonds. The van der Waals surface area contributed by atoms with E-state index in [-0.39, 0.29) is 0 Å². The number of hydrogen-bond acceptors (Lipinski definition) is 1. The summed E-state index contributed by atoms with van der Waals surface area (Å²) in [6.07, 6.45) is 6.46. The van der Waals surface area contributed by atoms with Crippen LogP contribution in [0.5, 0.6) is 0 Å². The Balaban J connectivity index is 2.90. The Morgan fingerprint density at radius 3 is 2.13 bits per heavy atom. The van der Waals surface area contributed by atoms with Crippen LogP contribution in [0.25, 0.3) is 0 Å². The largest absolute Gasteiger partial charge is 0.550 e. The van der Waals surface area contributed by atoms with Gasteiger partial charge in [-0.2, -0.15) is 0 Å². The van der Waals surface area contributed by atoms with E-state index < -0.39 is 9.04 Å². The van der Waals surface area contributed by atoms with Crippen molar-refractivity contribution in [2.24, 2.45) is 5.41 Å². The van der Waals surface area contributed by atoms with Crippen molar-refractivity contribution in [1.29, 1.82) is 0 Å². The molecule has 0 aromatic rings. The molecule has 0 aromatic carbocycles. The topological polar surface area (TPSA) is 9.23 Å². The van der Waals surface area contributed by atoms with Gasteiger partial charge in [0.15, 0.2) is 0 Å². The van der Waals surface area contributed by atoms with Gasteiger partial charge in [0.1, 0.15) is 0 Å². The van der Waals surface area contributed by atoms with Gasteiger partial charge in [-0.15, -0.1) is 0 Å². The smallest absolute Gasteiger partial charge is 0.229 e. The Hall–Kier alpha value is -0.243. The zero-order chi connectivity index (χ0) is 11.5. The second kappa shape index (κ2) is 5.20. The molecule has 88 valence electrons. The summed E-state index contributed by atoms with van der Waals surface area (Å²) >= 11 is 0. The second-order valence-electron chi connectivity index (χ2n) is 5.88. The average molecular weight is 226 g/mol. The van der Waals surface area contributed by atoms with Crippen molar-refractivity contribution >= 4 is 9.04 Å². The van der Waals surface area contributed by atoms with Gasteiger partial charge in [-0.1, -0.05) is 27.2 Å². The van der Waals surface area contributed by atoms with Crippen molar-refractivity contribution in [2.75, 3.05) is 0 Å². The van der Waals surface area contributed by atoms with Gasteiger partial charge in [0.25, 0.3) is 0 Å². The van der Waals surface area contributed by atoms with E-state index in [1.807, 2.05) is 0 Å². The minimum absolute atomic E-state index is 0.295. The van der Waals surface area contributed by atoms with Crippen molar-refractivity contribution < 1.29 is 4.43 Å². The molecule has 0 spiro atoms. The number of allylic oxidation sites excluding steroid dienone is 2. The summed E-state index contributed by atoms with van der Waals surface area (Å²) in [7, 11) is -0.932. The molecule has 0 fully saturated rings. The standard InChI is InChI=1S/C13H26OSi/c1-13(2,3)11-9-7-6-8-10-12(11)14-15(4)5/h15H,6-10H2,1-5H3. The Kier molecular flexibility index (Phi) is 4.44. The minimum Gasteiger partial charge on any atom is -0.550 e. The molecule has 0 aliphatic heterocycles. The Morgan fingerprint density at radius 1 is 1.00 bits per heavy atom. The van der Waals surface area contributed by atoms with Crippen LogP contribution >= 0.6 is 0 Å². The van der Waals surface area contributed by atoms with E-state index in [4.69, 9.17) is 4.43 Å². The molecule has 0 radical (unpaired) electrons. The molecule has 1 rings (SSSR count). The summed E-state index contributed by atoms with van der Waals surface area (Å²) in [5.41, 5.74) is 1.88. The number of rotatable bonds is 2. The van der Waals surface area contributed by atoms with Crippen molar-refractivity contribution in [3.05, 3.63) is 11.3 Å². The molecular formula is C13H26OSi. The fraction of sp³-hybridized carbons (Fsp3) is 0.846. The molecule has 0 unspecified atom stereocenters. The SMILES string of the molecule is C[SiH](C)OC1=C(C(C)(C)C)CCCCC1. The van der Waals surface area contributed by atoms with Gasteiger partial charge in [0.2, 0.25) is 9.04 Å². The van der Waals surface area contributed by atoms with Gasteiger partial charge in [-0.3, -0.25) is 0 Å². The van der Waals surface area contributed by atoms with Crippen LogP contribution in [0.3, 0.4) is 0 Å². The first-order chi connectivity index (χ1) is 6.91. The molecule has 0 N–H and O–H groups in total. The van der Waals surface area contributed by atoms with Crippen LogP contribution in [0, 0.1) is 5.41 Å². The van der Waals surface area contributed by atoms with E-state index in [0.29, 0.717) is 5.41 Å². The summed E-state index contributed by atoms with van der Waals surface area (Å²) in [5, 5.41) is 0. The van der Waals surface area contributed by atoms with Gasteiger partial charge in [-0.25, -0.2) is 0 Å². The van der Waals surface area contributed by atoms with Crippen molar-refractivity contribution in [1.82, 2.24) is 0 Å². The fourth-order valence-corrected chi connectivity index (χ4v) is 3.09. The first kappa shape index (κ1) is 12.8. The van der Waals surface area contributed by atoms with Crippen LogP contribution in [0.1, 0.15) is 52.9 Å². The maximum Gasteiger partial charge on any atom is 0.229 e. The lowest BCUT2D eigenvalue weighted by atomic mass is 9.83. The number of hydrogen-bond donors (Lipinski definition) is 0. The quantitative estimate of drug-likeness (QED) is 0.640. The van der Waals surface area contributed by atoms with Crippen molar-refractivity contribution in [2.45, 2.75) is 66.0 Å². The third-order valence-corrected chi connectivity index (χ3v) is 3.71. The van der Waals surface area contributed by atoms with E-state index in [9.17, 15) is 0 Å². The molecule has 0 bridgehead atoms. The van der Waals surface area contributed by atoms with Gasteiger partial charge < -0.3 is 4.43 Å². The Morgan fingerprint density at radius 2 is 1.60 bits per heavy atom. The monoisotopic (exact) mass is 226 g/mol. The second-order valence-corrected chi connectivity index (χ2v) is 8.21. The maximum atomic E-state index is 6.13. The highest BCUT2D eigenvalue weighted by atomic mass is 28.3. The molecule has 0 aromatic heterocycles. The van der Waals surface area contributed by atoms with E-state index in [1.165, 1.54) is 37.9 Å². The third-order valence-electron chi connectivity index (χ3n) is 2.95. The van der Waals surface area contributed by atoms with Crippen molar-refractivity contribution in [3.8, 4) is 0 Å². The van der Waals surface area contributed by atoms with Crippen LogP contribution in [0.4, 0.5) is 0 Å². The molecule has 0 heterocycles. The lowest BCUT2D eigenvalue weighted by Gasteiger charge is -2.27. The van der Waals surface area contributed by atoms with E-state index in [2.05, 4.69) is 33.9 Å². The van der Waals surface area contributed by atoms with Gasteiger partial charge in [0.05, 0.1) is 5.76 Å². The third kappa shape index (κ3) is 4.02. The molecule has 1 aliphatic rings. The maximum absolute atomic E-state index is 6.13. The molecule has 15 heavy (non-hydrogen) atoms. The summed E-state index contributed by atoms with van der Waals surface area (Å²) in [6.45, 7) is 11.5. The predicted octanol–water partition coefficient (Wildman–Crippen LogP) is 4.25. The zero-order valence-electron chi connectivity index (χ0n) is 11.0. The van der Waals surface area contributed by atoms with Crippen LogP contribution in [0.2, 0.25) is 13.1 Å². The highest BCUT2D eigenvalue weighted by Gasteiger charge is 2.23. The van der Waals surface area contributed by atoms with Gasteiger partial charge >= 0.3 is 0 Å². The average Bonchev–Trinajstić information content (AvgIpc) is 2.27. The highest BCUT2D eigenvalue weighted by Crippen LogP contribution is 2.36. The van der Waals surface area contributed by atoms with E-state index in [0.717, 1.165) is 0 Å². The predicted molar refractivity (Wildman–Crippen MR) is 69.5 cm³/mol. The molecule has 1 aliphatic carbocycles. The summed E-state index contributed by atoms with van der Waals surface area (Å²) < 4.78 is 6.13. The first-order valence-corrected chi connectivity index (χ1v) is 9.08. The van der Waals surface area contributed by atoms with Crippen LogP contribution in [-0.4, -0.2) is 9.04 Å². The summed E-state index contributed by atoms with van der Waals surface area (Å²) in [5.74, 6) is 1.35. The highest BCUT2D eigenvalue weighted by molar-refractivity contribution is 6.48. The normalized spacial score (nSPS) is 19.3. The molecule has 1 nitrogen and oxygen atoms in total. The molecule has 0 atom stereocenters. The molecule has 0 saturated heterocycles. The summed E-state index contributed by atoms with van der Waals surface area (Å²) in [6, 6.07) is 0. The van der Waals surface area contributed by atoms with Crippen molar-refractivity contribution in [3.63, 3.8) is 0 Å². The summed E-state index contributed by atoms with van der Waals surface area (Å²) in [4.78, 5) is 0. The van der Waals surface area contributed by atoms with Gasteiger partial charge in [-0.05, 0) is 43.3 Å². The van der Waals surface area contributed by atoms with E-state index in [1.54, 1.807) is 5.57 Å². The lowest BCUT2D eigenvalue weighted by Crippen LogP contribution is -2.16.